The van der Waals surface area contributed by atoms with E-state index in [4.69, 9.17) is 15.5 Å². The molecule has 0 bridgehead atoms. The molecule has 0 spiro atoms. The number of fused-ring (bicyclic) bond motifs is 2. The lowest BCUT2D eigenvalue weighted by Crippen LogP contribution is -2.24. The average Bonchev–Trinajstić information content (AvgIpc) is 3.19. The molecule has 6 nitrogen and oxygen atoms in total. The zero-order valence-electron chi connectivity index (χ0n) is 13.3. The number of anilines is 1. The van der Waals surface area contributed by atoms with Gasteiger partial charge in [0.05, 0.1) is 24.6 Å². The molecule has 1 saturated heterocycles. The molecule has 0 saturated carbocycles. The lowest BCUT2D eigenvalue weighted by atomic mass is 10.2. The maximum atomic E-state index is 6.10. The Kier molecular flexibility index (Phi) is 3.53. The van der Waals surface area contributed by atoms with Gasteiger partial charge in [-0.3, -0.25) is 0 Å². The Bertz CT molecular complexity index is 851. The first-order chi connectivity index (χ1) is 11.2. The molecule has 0 amide bonds. The molecule has 120 valence electrons. The molecule has 3 aromatic rings. The predicted molar refractivity (Wildman–Crippen MR) is 91.7 cm³/mol. The van der Waals surface area contributed by atoms with Gasteiger partial charge < -0.3 is 15.4 Å². The maximum absolute atomic E-state index is 6.10. The van der Waals surface area contributed by atoms with Crippen LogP contribution in [0.5, 0.6) is 5.75 Å². The maximum Gasteiger partial charge on any atom is 0.160 e. The van der Waals surface area contributed by atoms with E-state index in [9.17, 15) is 0 Å². The first kappa shape index (κ1) is 14.3. The Labute approximate surface area is 134 Å². The molecule has 0 radical (unpaired) electrons. The van der Waals surface area contributed by atoms with Crippen molar-refractivity contribution in [1.82, 2.24) is 19.7 Å². The number of likely N-dealkylation sites (tertiary alicyclic amines) is 1. The largest absolute Gasteiger partial charge is 0.497 e. The zero-order valence-corrected chi connectivity index (χ0v) is 13.3. The minimum Gasteiger partial charge on any atom is -0.497 e. The minimum atomic E-state index is 0.548. The van der Waals surface area contributed by atoms with Crippen LogP contribution in [-0.4, -0.2) is 46.4 Å². The predicted octanol–water partition coefficient (Wildman–Crippen LogP) is 2.27. The Morgan fingerprint density at radius 3 is 2.78 bits per heavy atom. The van der Waals surface area contributed by atoms with E-state index < -0.39 is 0 Å². The van der Waals surface area contributed by atoms with Gasteiger partial charge in [0.2, 0.25) is 0 Å². The van der Waals surface area contributed by atoms with E-state index in [-0.39, 0.29) is 0 Å². The van der Waals surface area contributed by atoms with Crippen LogP contribution < -0.4 is 10.5 Å². The summed E-state index contributed by atoms with van der Waals surface area (Å²) < 4.78 is 7.22. The van der Waals surface area contributed by atoms with Crippen molar-refractivity contribution in [2.24, 2.45) is 0 Å². The van der Waals surface area contributed by atoms with Crippen molar-refractivity contribution in [2.75, 3.05) is 32.5 Å². The molecule has 23 heavy (non-hydrogen) atoms. The summed E-state index contributed by atoms with van der Waals surface area (Å²) in [5.74, 6) is 1.35. The molecule has 2 N–H and O–H groups in total. The first-order valence-corrected chi connectivity index (χ1v) is 8.08. The van der Waals surface area contributed by atoms with Crippen LogP contribution in [0.15, 0.2) is 24.3 Å². The average molecular weight is 311 g/mol. The van der Waals surface area contributed by atoms with E-state index in [0.29, 0.717) is 5.82 Å². The van der Waals surface area contributed by atoms with Gasteiger partial charge in [0, 0.05) is 18.0 Å². The van der Waals surface area contributed by atoms with Gasteiger partial charge in [0.25, 0.3) is 0 Å². The summed E-state index contributed by atoms with van der Waals surface area (Å²) in [5, 5.41) is 6.46. The SMILES string of the molecule is COc1ccc2cc3c(N)nn(CCN4CCCC4)c3nc2c1. The van der Waals surface area contributed by atoms with Crippen molar-refractivity contribution in [1.29, 1.82) is 0 Å². The molecule has 0 aliphatic carbocycles. The fourth-order valence-electron chi connectivity index (χ4n) is 3.28. The number of benzene rings is 1. The van der Waals surface area contributed by atoms with E-state index in [1.165, 1.54) is 25.9 Å². The zero-order chi connectivity index (χ0) is 15.8. The van der Waals surface area contributed by atoms with Crippen molar-refractivity contribution in [3.05, 3.63) is 24.3 Å². The Morgan fingerprint density at radius 2 is 2.00 bits per heavy atom. The number of nitrogens with two attached hydrogens (primary N) is 1. The molecule has 0 atom stereocenters. The molecule has 1 aromatic carbocycles. The second-order valence-corrected chi connectivity index (χ2v) is 6.08. The third-order valence-corrected chi connectivity index (χ3v) is 4.58. The highest BCUT2D eigenvalue weighted by Crippen LogP contribution is 2.26. The van der Waals surface area contributed by atoms with Crippen LogP contribution in [0.4, 0.5) is 5.82 Å². The highest BCUT2D eigenvalue weighted by Gasteiger charge is 2.15. The van der Waals surface area contributed by atoms with Gasteiger partial charge in [-0.15, -0.1) is 0 Å². The lowest BCUT2D eigenvalue weighted by molar-refractivity contribution is 0.318. The molecular formula is C17H21N5O. The van der Waals surface area contributed by atoms with Gasteiger partial charge in [-0.05, 0) is 44.1 Å². The molecule has 6 heteroatoms. The number of hydrogen-bond donors (Lipinski definition) is 1. The van der Waals surface area contributed by atoms with E-state index in [2.05, 4.69) is 16.1 Å². The van der Waals surface area contributed by atoms with Gasteiger partial charge >= 0.3 is 0 Å². The summed E-state index contributed by atoms with van der Waals surface area (Å²) in [4.78, 5) is 7.24. The highest BCUT2D eigenvalue weighted by atomic mass is 16.5. The lowest BCUT2D eigenvalue weighted by Gasteiger charge is -2.14. The van der Waals surface area contributed by atoms with Gasteiger partial charge in [0.1, 0.15) is 5.75 Å². The molecule has 1 fully saturated rings. The van der Waals surface area contributed by atoms with E-state index in [0.717, 1.165) is 40.8 Å². The fourth-order valence-corrected chi connectivity index (χ4v) is 3.28. The number of nitrogens with zero attached hydrogens (tertiary/aromatic N) is 4. The number of methoxy groups -OCH3 is 1. The van der Waals surface area contributed by atoms with Crippen molar-refractivity contribution < 1.29 is 4.74 Å². The van der Waals surface area contributed by atoms with Gasteiger partial charge in [-0.1, -0.05) is 0 Å². The van der Waals surface area contributed by atoms with Crippen molar-refractivity contribution in [2.45, 2.75) is 19.4 Å². The summed E-state index contributed by atoms with van der Waals surface area (Å²) in [5.41, 5.74) is 7.85. The number of hydrogen-bond acceptors (Lipinski definition) is 5. The van der Waals surface area contributed by atoms with Crippen molar-refractivity contribution in [3.63, 3.8) is 0 Å². The van der Waals surface area contributed by atoms with Gasteiger partial charge in [-0.2, -0.15) is 5.10 Å². The minimum absolute atomic E-state index is 0.548. The fraction of sp³-hybridized carbons (Fsp3) is 0.412. The summed E-state index contributed by atoms with van der Waals surface area (Å²) >= 11 is 0. The van der Waals surface area contributed by atoms with Crippen LogP contribution in [-0.2, 0) is 6.54 Å². The number of rotatable bonds is 4. The first-order valence-electron chi connectivity index (χ1n) is 8.08. The molecule has 3 heterocycles. The Balaban J connectivity index is 1.73. The van der Waals surface area contributed by atoms with Crippen LogP contribution in [0.3, 0.4) is 0 Å². The number of ether oxygens (including phenoxy) is 1. The summed E-state index contributed by atoms with van der Waals surface area (Å²) in [6.07, 6.45) is 2.59. The quantitative estimate of drug-likeness (QED) is 0.800. The molecule has 0 unspecified atom stereocenters. The molecule has 4 rings (SSSR count). The van der Waals surface area contributed by atoms with E-state index in [1.54, 1.807) is 7.11 Å². The Morgan fingerprint density at radius 1 is 1.17 bits per heavy atom. The second-order valence-electron chi connectivity index (χ2n) is 6.08. The van der Waals surface area contributed by atoms with E-state index >= 15 is 0 Å². The standard InChI is InChI=1S/C17H21N5O/c1-23-13-5-4-12-10-14-16(18)20-22(17(14)19-15(12)11-13)9-8-21-6-2-3-7-21/h4-5,10-11H,2-3,6-9H2,1H3,(H2,18,20). The topological polar surface area (TPSA) is 69.2 Å². The van der Waals surface area contributed by atoms with Gasteiger partial charge in [0.15, 0.2) is 11.5 Å². The van der Waals surface area contributed by atoms with Crippen LogP contribution in [0, 0.1) is 0 Å². The molecule has 1 aliphatic rings. The van der Waals surface area contributed by atoms with Crippen molar-refractivity contribution >= 4 is 27.8 Å². The summed E-state index contributed by atoms with van der Waals surface area (Å²) in [7, 11) is 1.66. The normalized spacial score (nSPS) is 15.7. The molecular weight excluding hydrogens is 290 g/mol. The molecule has 2 aromatic heterocycles. The highest BCUT2D eigenvalue weighted by molar-refractivity contribution is 5.96. The van der Waals surface area contributed by atoms with Crippen LogP contribution in [0.2, 0.25) is 0 Å². The van der Waals surface area contributed by atoms with Crippen LogP contribution in [0.25, 0.3) is 21.9 Å². The van der Waals surface area contributed by atoms with Crippen LogP contribution >= 0.6 is 0 Å². The number of aromatic nitrogens is 3. The van der Waals surface area contributed by atoms with Gasteiger partial charge in [-0.25, -0.2) is 9.67 Å². The summed E-state index contributed by atoms with van der Waals surface area (Å²) in [6.45, 7) is 4.18. The third kappa shape index (κ3) is 2.59. The summed E-state index contributed by atoms with van der Waals surface area (Å²) in [6, 6.07) is 7.94. The van der Waals surface area contributed by atoms with E-state index in [1.807, 2.05) is 22.9 Å². The third-order valence-electron chi connectivity index (χ3n) is 4.58. The second kappa shape index (κ2) is 5.70. The number of nitrogen functional groups attached to an aromatic ring is 1. The monoisotopic (exact) mass is 311 g/mol. The Hall–Kier alpha value is -2.34. The van der Waals surface area contributed by atoms with Crippen LogP contribution in [0.1, 0.15) is 12.8 Å². The smallest absolute Gasteiger partial charge is 0.160 e. The van der Waals surface area contributed by atoms with Crippen molar-refractivity contribution in [3.8, 4) is 5.75 Å². The molecule has 1 aliphatic heterocycles. The number of pyridine rings is 1.